The molecule has 0 unspecified atom stereocenters. The summed E-state index contributed by atoms with van der Waals surface area (Å²) in [5.41, 5.74) is 50.8. The number of benzene rings is 17. The summed E-state index contributed by atoms with van der Waals surface area (Å²) in [5.74, 6) is 0.452. The van der Waals surface area contributed by atoms with Gasteiger partial charge in [0, 0.05) is 34.5 Å². The lowest BCUT2D eigenvalue weighted by molar-refractivity contribution is 0.392. The van der Waals surface area contributed by atoms with Gasteiger partial charge >= 0.3 is 0 Å². The van der Waals surface area contributed by atoms with Crippen LogP contribution in [0.25, 0.3) is 100 Å². The molecule has 0 aliphatic heterocycles. The van der Waals surface area contributed by atoms with Crippen molar-refractivity contribution in [2.45, 2.75) is 79.6 Å². The van der Waals surface area contributed by atoms with Gasteiger partial charge in [-0.15, -0.1) is 0 Å². The highest BCUT2D eigenvalue weighted by Crippen LogP contribution is 2.68. The van der Waals surface area contributed by atoms with E-state index in [0.29, 0.717) is 5.92 Å². The normalized spacial score (nSPS) is 16.6. The Bertz CT molecular complexity index is 6960. The Labute approximate surface area is 684 Å². The highest BCUT2D eigenvalue weighted by atomic mass is 15.2. The van der Waals surface area contributed by atoms with Gasteiger partial charge in [0.25, 0.3) is 0 Å². The van der Waals surface area contributed by atoms with E-state index in [1.165, 1.54) is 225 Å². The molecule has 1 saturated carbocycles. The molecule has 0 atom stereocenters. The standard InChI is InChI=1S/C115H80N2/c1-9-31-101-89(23-1)90-24-2-10-32-102(90)113(101)105-35-13-7-29-95(105)97-59-55-85(67-109(97)113)116(83-51-47-73(48-52-83)75-19-17-21-77(63-75)81-45-41-71-39-43-79(71)65-81)87-57-61-99-100-62-58-88(70-112(100)115(111(99)69-87)107-37-15-5-27-93(107)94-28-6-16-38-108(94)115)117(84-53-49-74(50-54-84)76-20-18-22-78(64-76)82-46-42-72-40-44-80(72)66-82)86-56-60-98-96-30-8-14-36-106(96)114(110(98)68-86)103-33-11-3-25-91(103)92-26-4-12-34-104(92)114/h1-38,41-42,45-48,51-52,55-70,74,84H,39-40,43-44,49-50,53-54H2. The minimum atomic E-state index is -0.694. The fraction of sp³-hybridized carbons (Fsp3) is 0.113. The van der Waals surface area contributed by atoms with E-state index in [1.807, 2.05) is 0 Å². The van der Waals surface area contributed by atoms with E-state index in [0.717, 1.165) is 49.2 Å². The average Bonchev–Trinajstić information content (AvgIpc) is 1.52. The second-order valence-corrected chi connectivity index (χ2v) is 34.5. The molecule has 3 spiro atoms. The van der Waals surface area contributed by atoms with Crippen LogP contribution in [-0.2, 0) is 41.9 Å². The summed E-state index contributed by atoms with van der Waals surface area (Å²) in [5, 5.41) is 0. The van der Waals surface area contributed by atoms with Gasteiger partial charge in [-0.3, -0.25) is 0 Å². The molecule has 1 fully saturated rings. The summed E-state index contributed by atoms with van der Waals surface area (Å²) in [4.78, 5) is 5.42. The smallest absolute Gasteiger partial charge is 0.0727 e. The lowest BCUT2D eigenvalue weighted by atomic mass is 9.70. The Balaban J connectivity index is 0.660. The van der Waals surface area contributed by atoms with E-state index in [9.17, 15) is 0 Å². The van der Waals surface area contributed by atoms with Crippen LogP contribution in [0.3, 0.4) is 0 Å². The Kier molecular flexibility index (Phi) is 13.9. The molecule has 9 aliphatic rings. The van der Waals surface area contributed by atoms with Crippen LogP contribution < -0.4 is 9.80 Å². The molecule has 0 N–H and O–H groups in total. The SMILES string of the molecule is c1cc(-c2ccc(N(c3ccc4c(c3)C3(c5ccccc5-c5ccccc53)c3ccccc3-4)c3ccc4c(c3)C3(c5ccccc5-c5ccccc53)c3cc(N(c5ccc6c(c5)C5(c7ccccc7-c7ccccc75)c5ccccc5-6)C5CCC(c6cccc(-c7ccc8c(c7)CC8)c6)CC5)ccc3-4)cc2)cc(-c2ccc3c(c2)CC3)c1. The number of anilines is 5. The molecule has 550 valence electrons. The van der Waals surface area contributed by atoms with Crippen LogP contribution in [0, 0.1) is 0 Å². The first-order valence-electron chi connectivity index (χ1n) is 42.5. The first-order chi connectivity index (χ1) is 58.0. The molecule has 2 nitrogen and oxygen atoms in total. The van der Waals surface area contributed by atoms with Crippen molar-refractivity contribution in [1.82, 2.24) is 0 Å². The molecule has 117 heavy (non-hydrogen) atoms. The molecular formula is C115H80N2. The van der Waals surface area contributed by atoms with Crippen LogP contribution in [0.4, 0.5) is 28.4 Å². The van der Waals surface area contributed by atoms with E-state index < -0.39 is 16.2 Å². The molecule has 0 saturated heterocycles. The Morgan fingerprint density at radius 1 is 0.188 bits per heavy atom. The second kappa shape index (κ2) is 24.7. The topological polar surface area (TPSA) is 6.48 Å². The van der Waals surface area contributed by atoms with Crippen LogP contribution in [0.5, 0.6) is 0 Å². The Morgan fingerprint density at radius 2 is 0.470 bits per heavy atom. The van der Waals surface area contributed by atoms with Crippen LogP contribution in [-0.4, -0.2) is 6.04 Å². The van der Waals surface area contributed by atoms with Crippen molar-refractivity contribution < 1.29 is 0 Å². The number of fused-ring (bicyclic) bond motifs is 32. The van der Waals surface area contributed by atoms with E-state index in [2.05, 4.69) is 386 Å². The van der Waals surface area contributed by atoms with E-state index >= 15 is 0 Å². The zero-order valence-corrected chi connectivity index (χ0v) is 65.0. The zero-order valence-electron chi connectivity index (χ0n) is 65.0. The summed E-state index contributed by atoms with van der Waals surface area (Å²) in [6.45, 7) is 0. The van der Waals surface area contributed by atoms with Gasteiger partial charge in [-0.05, 0) is 319 Å². The predicted molar refractivity (Wildman–Crippen MR) is 481 cm³/mol. The molecule has 26 rings (SSSR count). The number of hydrogen-bond donors (Lipinski definition) is 0. The number of nitrogens with zero attached hydrogens (tertiary/aromatic N) is 2. The third-order valence-corrected chi connectivity index (χ3v) is 29.2. The van der Waals surface area contributed by atoms with E-state index in [-0.39, 0.29) is 6.04 Å². The fourth-order valence-electron chi connectivity index (χ4n) is 23.9. The minimum Gasteiger partial charge on any atom is -0.338 e. The first kappa shape index (κ1) is 65.7. The maximum absolute atomic E-state index is 2.83. The number of hydrogen-bond acceptors (Lipinski definition) is 2. The summed E-state index contributed by atoms with van der Waals surface area (Å²) < 4.78 is 0. The van der Waals surface area contributed by atoms with Gasteiger partial charge in [0.1, 0.15) is 0 Å². The molecule has 17 aromatic rings. The lowest BCUT2D eigenvalue weighted by Gasteiger charge is -2.40. The van der Waals surface area contributed by atoms with Gasteiger partial charge in [-0.2, -0.15) is 0 Å². The molecule has 17 aromatic carbocycles. The summed E-state index contributed by atoms with van der Waals surface area (Å²) in [6.07, 6.45) is 9.02. The summed E-state index contributed by atoms with van der Waals surface area (Å²) >= 11 is 0. The van der Waals surface area contributed by atoms with Crippen LogP contribution in [0.1, 0.15) is 126 Å². The summed E-state index contributed by atoms with van der Waals surface area (Å²) in [7, 11) is 0. The van der Waals surface area contributed by atoms with Crippen molar-refractivity contribution in [3.05, 3.63) is 471 Å². The minimum absolute atomic E-state index is 0.208. The number of rotatable bonds is 10. The van der Waals surface area contributed by atoms with E-state index in [1.54, 1.807) is 0 Å². The van der Waals surface area contributed by atoms with Crippen molar-refractivity contribution >= 4 is 28.4 Å². The third kappa shape index (κ3) is 9.00. The van der Waals surface area contributed by atoms with Gasteiger partial charge in [-0.25, -0.2) is 0 Å². The van der Waals surface area contributed by atoms with Gasteiger partial charge in [0.05, 0.1) is 16.2 Å². The first-order valence-corrected chi connectivity index (χ1v) is 42.5. The molecule has 2 heteroatoms. The van der Waals surface area contributed by atoms with Gasteiger partial charge in [-0.1, -0.05) is 309 Å². The van der Waals surface area contributed by atoms with Gasteiger partial charge < -0.3 is 9.80 Å². The predicted octanol–water partition coefficient (Wildman–Crippen LogP) is 28.2. The van der Waals surface area contributed by atoms with Crippen molar-refractivity contribution in [2.24, 2.45) is 0 Å². The molecule has 0 radical (unpaired) electrons. The molecule has 0 bridgehead atoms. The van der Waals surface area contributed by atoms with Crippen molar-refractivity contribution in [1.29, 1.82) is 0 Å². The maximum atomic E-state index is 2.83. The molecule has 0 aromatic heterocycles. The van der Waals surface area contributed by atoms with Crippen LogP contribution in [0.2, 0.25) is 0 Å². The van der Waals surface area contributed by atoms with Gasteiger partial charge in [0.15, 0.2) is 0 Å². The molecule has 0 amide bonds. The number of aryl methyl sites for hydroxylation is 4. The average molecular weight is 1490 g/mol. The monoisotopic (exact) mass is 1490 g/mol. The zero-order chi connectivity index (χ0) is 76.4. The third-order valence-electron chi connectivity index (χ3n) is 29.2. The largest absolute Gasteiger partial charge is 0.338 e. The second-order valence-electron chi connectivity index (χ2n) is 34.5. The quantitative estimate of drug-likeness (QED) is 0.135. The van der Waals surface area contributed by atoms with Crippen molar-refractivity contribution in [3.8, 4) is 100 Å². The van der Waals surface area contributed by atoms with Gasteiger partial charge in [0.2, 0.25) is 0 Å². The van der Waals surface area contributed by atoms with Crippen molar-refractivity contribution in [3.63, 3.8) is 0 Å². The Hall–Kier alpha value is -13.7. The van der Waals surface area contributed by atoms with Crippen LogP contribution >= 0.6 is 0 Å². The molecule has 0 heterocycles. The van der Waals surface area contributed by atoms with Crippen LogP contribution in [0.15, 0.2) is 376 Å². The highest BCUT2D eigenvalue weighted by Gasteiger charge is 2.56. The fourth-order valence-corrected chi connectivity index (χ4v) is 23.9. The molecule has 9 aliphatic carbocycles. The Morgan fingerprint density at radius 3 is 0.829 bits per heavy atom. The van der Waals surface area contributed by atoms with Crippen molar-refractivity contribution in [2.75, 3.05) is 9.80 Å². The van der Waals surface area contributed by atoms with E-state index in [4.69, 9.17) is 0 Å². The lowest BCUT2D eigenvalue weighted by Crippen LogP contribution is -2.35. The maximum Gasteiger partial charge on any atom is 0.0727 e. The highest BCUT2D eigenvalue weighted by molar-refractivity contribution is 6.01. The molecular weight excluding hydrogens is 1410 g/mol. The summed E-state index contributed by atoms with van der Waals surface area (Å²) in [6, 6.07) is 147.